The average Bonchev–Trinajstić information content (AvgIpc) is 4.16. The lowest BCUT2D eigenvalue weighted by molar-refractivity contribution is -0.0639. The van der Waals surface area contributed by atoms with Crippen molar-refractivity contribution in [3.05, 3.63) is 0 Å². The number of hydrogen-bond donors (Lipinski definition) is 2. The Hall–Kier alpha value is -0.400. The van der Waals surface area contributed by atoms with Gasteiger partial charge in [-0.15, -0.1) is 0 Å². The third kappa shape index (κ3) is 12.8. The number of nitrogens with zero attached hydrogens (tertiary/aromatic N) is 2. The van der Waals surface area contributed by atoms with Crippen molar-refractivity contribution in [2.45, 2.75) is 179 Å². The molecule has 0 aromatic rings. The minimum atomic E-state index is -0.457. The van der Waals surface area contributed by atoms with E-state index in [1.54, 1.807) is 0 Å². The van der Waals surface area contributed by atoms with Gasteiger partial charge in [0.15, 0.2) is 0 Å². The number of ether oxygens (including phenoxy) is 6. The van der Waals surface area contributed by atoms with Gasteiger partial charge in [-0.25, -0.2) is 0 Å². The van der Waals surface area contributed by atoms with Crippen LogP contribution >= 0.6 is 0 Å². The summed E-state index contributed by atoms with van der Waals surface area (Å²) in [4.78, 5) is 4.71. The van der Waals surface area contributed by atoms with Crippen LogP contribution in [0.15, 0.2) is 0 Å². The second-order valence-electron chi connectivity index (χ2n) is 20.7. The predicted octanol–water partition coefficient (Wildman–Crippen LogP) is 6.48. The number of aliphatic hydroxyl groups excluding tert-OH is 2. The lowest BCUT2D eigenvalue weighted by atomic mass is 9.60. The molecular weight excluding hydrogens is 709 g/mol. The van der Waals surface area contributed by atoms with Gasteiger partial charge in [0.2, 0.25) is 0 Å². The van der Waals surface area contributed by atoms with Gasteiger partial charge in [-0.3, -0.25) is 9.80 Å². The van der Waals surface area contributed by atoms with Crippen LogP contribution in [0.25, 0.3) is 0 Å². The molecule has 0 bridgehead atoms. The number of aliphatic hydroxyl groups is 2. The maximum absolute atomic E-state index is 10.9. The van der Waals surface area contributed by atoms with Crippen molar-refractivity contribution < 1.29 is 38.6 Å². The lowest BCUT2D eigenvalue weighted by Gasteiger charge is -2.46. The zero-order valence-corrected chi connectivity index (χ0v) is 36.0. The van der Waals surface area contributed by atoms with E-state index < -0.39 is 12.2 Å². The second kappa shape index (κ2) is 20.4. The van der Waals surface area contributed by atoms with Gasteiger partial charge in [0.25, 0.3) is 0 Å². The smallest absolute Gasteiger partial charge is 0.104 e. The summed E-state index contributed by atoms with van der Waals surface area (Å²) in [6, 6.07) is 0. The van der Waals surface area contributed by atoms with Crippen LogP contribution in [-0.4, -0.2) is 148 Å². The molecule has 0 amide bonds. The Labute approximate surface area is 340 Å². The van der Waals surface area contributed by atoms with Crippen LogP contribution in [-0.2, 0) is 28.4 Å². The van der Waals surface area contributed by atoms with Crippen molar-refractivity contribution >= 4 is 0 Å². The van der Waals surface area contributed by atoms with E-state index in [2.05, 4.69) is 37.5 Å². The summed E-state index contributed by atoms with van der Waals surface area (Å²) in [6.07, 6.45) is 20.5. The SMILES string of the molecule is CC(C)(C1CCC(OCC(O)CN2CCN(CC(O)COC3CCC(C(C)(C)C4CCC(OCC5CO5)CC4)CC3)CC2)CC1)C1CCC(OCC2CO2)CC1. The van der Waals surface area contributed by atoms with Gasteiger partial charge in [0.05, 0.1) is 76.3 Å². The fourth-order valence-corrected chi connectivity index (χ4v) is 11.7. The molecule has 56 heavy (non-hydrogen) atoms. The quantitative estimate of drug-likeness (QED) is 0.133. The molecule has 4 saturated carbocycles. The van der Waals surface area contributed by atoms with Gasteiger partial charge in [-0.05, 0) is 137 Å². The highest BCUT2D eigenvalue weighted by Crippen LogP contribution is 2.50. The number of rotatable bonds is 20. The molecule has 4 aliphatic carbocycles. The third-order valence-electron chi connectivity index (χ3n) is 16.2. The first kappa shape index (κ1) is 43.7. The Morgan fingerprint density at radius 1 is 0.464 bits per heavy atom. The third-order valence-corrected chi connectivity index (χ3v) is 16.2. The van der Waals surface area contributed by atoms with Crippen molar-refractivity contribution in [2.75, 3.05) is 78.9 Å². The maximum atomic E-state index is 10.9. The second-order valence-corrected chi connectivity index (χ2v) is 20.7. The molecule has 0 radical (unpaired) electrons. The molecule has 7 rings (SSSR count). The summed E-state index contributed by atoms with van der Waals surface area (Å²) >= 11 is 0. The Morgan fingerprint density at radius 2 is 0.732 bits per heavy atom. The molecule has 2 N–H and O–H groups in total. The van der Waals surface area contributed by atoms with E-state index in [0.717, 1.165) is 102 Å². The molecule has 10 nitrogen and oxygen atoms in total. The Bertz CT molecular complexity index is 1040. The maximum Gasteiger partial charge on any atom is 0.104 e. The highest BCUT2D eigenvalue weighted by molar-refractivity contribution is 4.93. The zero-order valence-electron chi connectivity index (χ0n) is 36.0. The molecule has 0 aromatic carbocycles. The minimum absolute atomic E-state index is 0.274. The zero-order chi connectivity index (χ0) is 39.1. The van der Waals surface area contributed by atoms with Crippen LogP contribution in [0.3, 0.4) is 0 Å². The number of epoxide rings is 2. The van der Waals surface area contributed by atoms with Crippen LogP contribution in [0, 0.1) is 34.5 Å². The van der Waals surface area contributed by atoms with Gasteiger partial charge < -0.3 is 38.6 Å². The summed E-state index contributed by atoms with van der Waals surface area (Å²) in [7, 11) is 0. The summed E-state index contributed by atoms with van der Waals surface area (Å²) in [6.45, 7) is 19.2. The number of piperazine rings is 1. The Kier molecular flexibility index (Phi) is 15.9. The van der Waals surface area contributed by atoms with Crippen LogP contribution < -0.4 is 0 Å². The fraction of sp³-hybridized carbons (Fsp3) is 1.00. The van der Waals surface area contributed by atoms with Gasteiger partial charge in [0, 0.05) is 39.3 Å². The van der Waals surface area contributed by atoms with Gasteiger partial charge in [-0.1, -0.05) is 27.7 Å². The summed E-state index contributed by atoms with van der Waals surface area (Å²) in [5, 5.41) is 21.8. The van der Waals surface area contributed by atoms with E-state index in [1.165, 1.54) is 77.0 Å². The number of hydrogen-bond acceptors (Lipinski definition) is 10. The Morgan fingerprint density at radius 3 is 1.00 bits per heavy atom. The van der Waals surface area contributed by atoms with E-state index in [4.69, 9.17) is 28.4 Å². The summed E-state index contributed by atoms with van der Waals surface area (Å²) in [5.74, 6) is 3.07. The molecular formula is C46H82N2O8. The number of β-amino-alcohol motifs (C(OH)–C–C–N with tert-alkyl or cyclic N) is 2. The van der Waals surface area contributed by atoms with E-state index in [0.29, 0.717) is 61.5 Å². The minimum Gasteiger partial charge on any atom is -0.389 e. The van der Waals surface area contributed by atoms with E-state index >= 15 is 0 Å². The summed E-state index contributed by atoms with van der Waals surface area (Å²) in [5.41, 5.74) is 0.720. The first-order chi connectivity index (χ1) is 27.0. The van der Waals surface area contributed by atoms with Gasteiger partial charge in [0.1, 0.15) is 12.2 Å². The van der Waals surface area contributed by atoms with Gasteiger partial charge in [-0.2, -0.15) is 0 Å². The van der Waals surface area contributed by atoms with Crippen LogP contribution in [0.4, 0.5) is 0 Å². The van der Waals surface area contributed by atoms with Crippen LogP contribution in [0.2, 0.25) is 0 Å². The van der Waals surface area contributed by atoms with E-state index in [1.807, 2.05) is 0 Å². The topological polar surface area (TPSA) is 109 Å². The molecule has 4 atom stereocenters. The van der Waals surface area contributed by atoms with E-state index in [9.17, 15) is 10.2 Å². The monoisotopic (exact) mass is 791 g/mol. The first-order valence-electron chi connectivity index (χ1n) is 23.5. The largest absolute Gasteiger partial charge is 0.389 e. The molecule has 4 unspecified atom stereocenters. The van der Waals surface area contributed by atoms with Crippen molar-refractivity contribution in [3.63, 3.8) is 0 Å². The highest BCUT2D eigenvalue weighted by Gasteiger charge is 2.43. The normalized spacial score (nSPS) is 37.6. The summed E-state index contributed by atoms with van der Waals surface area (Å²) < 4.78 is 35.5. The fourth-order valence-electron chi connectivity index (χ4n) is 11.7. The highest BCUT2D eigenvalue weighted by atomic mass is 16.6. The van der Waals surface area contributed by atoms with Crippen LogP contribution in [0.1, 0.15) is 130 Å². The van der Waals surface area contributed by atoms with Crippen molar-refractivity contribution in [1.29, 1.82) is 0 Å². The van der Waals surface area contributed by atoms with E-state index in [-0.39, 0.29) is 12.2 Å². The molecule has 0 aromatic heterocycles. The molecule has 3 aliphatic heterocycles. The van der Waals surface area contributed by atoms with Crippen molar-refractivity contribution in [3.8, 4) is 0 Å². The molecule has 10 heteroatoms. The molecule has 7 fully saturated rings. The lowest BCUT2D eigenvalue weighted by Crippen LogP contribution is -2.51. The molecule has 0 spiro atoms. The predicted molar refractivity (Wildman–Crippen MR) is 219 cm³/mol. The average molecular weight is 791 g/mol. The Balaban J connectivity index is 0.700. The first-order valence-corrected chi connectivity index (χ1v) is 23.5. The van der Waals surface area contributed by atoms with Crippen molar-refractivity contribution in [1.82, 2.24) is 9.80 Å². The standard InChI is InChI=1S/C46H82N2O8/c1-45(2,35-9-17-41(18-10-35)53-29-43-31-55-43)33-5-13-39(14-6-33)51-27-37(49)25-47-21-23-48(24-22-47)26-38(50)28-52-40-15-7-34(8-16-40)46(3,4)36-11-19-42(20-12-36)54-30-44-32-56-44/h33-44,49-50H,5-32H2,1-4H3. The van der Waals surface area contributed by atoms with Gasteiger partial charge >= 0.3 is 0 Å². The molecule has 3 saturated heterocycles. The molecule has 7 aliphatic rings. The molecule has 3 heterocycles. The van der Waals surface area contributed by atoms with Crippen molar-refractivity contribution in [2.24, 2.45) is 34.5 Å². The molecule has 324 valence electrons. The van der Waals surface area contributed by atoms with Crippen LogP contribution in [0.5, 0.6) is 0 Å².